The van der Waals surface area contributed by atoms with Gasteiger partial charge in [-0.1, -0.05) is 23.2 Å². The van der Waals surface area contributed by atoms with Gasteiger partial charge in [-0.3, -0.25) is 0 Å². The van der Waals surface area contributed by atoms with Gasteiger partial charge < -0.3 is 10.5 Å². The molecule has 0 aliphatic heterocycles. The maximum atomic E-state index is 12.5. The van der Waals surface area contributed by atoms with Gasteiger partial charge in [-0.15, -0.1) is 4.91 Å². The number of nitroso groups, excluding NO2 is 1. The van der Waals surface area contributed by atoms with Crippen LogP contribution in [0.15, 0.2) is 35.5 Å². The van der Waals surface area contributed by atoms with Crippen LogP contribution >= 0.6 is 23.2 Å². The summed E-state index contributed by atoms with van der Waals surface area (Å²) >= 11 is 11.7. The van der Waals surface area contributed by atoms with Crippen molar-refractivity contribution in [1.82, 2.24) is 0 Å². The molecule has 2 N–H and O–H groups in total. The van der Waals surface area contributed by atoms with Gasteiger partial charge in [0.2, 0.25) is 0 Å². The summed E-state index contributed by atoms with van der Waals surface area (Å²) in [5.41, 5.74) is 4.59. The molecule has 0 saturated carbocycles. The molecule has 0 heterocycles. The highest BCUT2D eigenvalue weighted by atomic mass is 35.5. The van der Waals surface area contributed by atoms with Gasteiger partial charge in [-0.2, -0.15) is 13.2 Å². The van der Waals surface area contributed by atoms with Gasteiger partial charge in [0.1, 0.15) is 17.2 Å². The number of alkyl halides is 3. The minimum atomic E-state index is -4.51. The molecule has 0 unspecified atom stereocenters. The molecule has 0 radical (unpaired) electrons. The highest BCUT2D eigenvalue weighted by Gasteiger charge is 2.31. The van der Waals surface area contributed by atoms with Crippen LogP contribution in [-0.4, -0.2) is 0 Å². The molecule has 2 aromatic carbocycles. The second-order valence-electron chi connectivity index (χ2n) is 4.18. The van der Waals surface area contributed by atoms with Crippen molar-refractivity contribution in [3.63, 3.8) is 0 Å². The van der Waals surface area contributed by atoms with Crippen LogP contribution in [0.4, 0.5) is 24.5 Å². The predicted molar refractivity (Wildman–Crippen MR) is 77.8 cm³/mol. The lowest BCUT2D eigenvalue weighted by Gasteiger charge is -2.12. The topological polar surface area (TPSA) is 64.7 Å². The summed E-state index contributed by atoms with van der Waals surface area (Å²) in [5, 5.41) is 2.43. The van der Waals surface area contributed by atoms with E-state index in [0.29, 0.717) is 0 Å². The summed E-state index contributed by atoms with van der Waals surface area (Å²) in [7, 11) is 0. The van der Waals surface area contributed by atoms with Gasteiger partial charge in [0.25, 0.3) is 0 Å². The van der Waals surface area contributed by atoms with E-state index in [4.69, 9.17) is 33.7 Å². The van der Waals surface area contributed by atoms with Crippen molar-refractivity contribution in [3.8, 4) is 11.5 Å². The Kier molecular flexibility index (Phi) is 4.48. The number of hydrogen-bond acceptors (Lipinski definition) is 4. The monoisotopic (exact) mass is 350 g/mol. The number of rotatable bonds is 3. The molecular formula is C13H7Cl2F3N2O2. The molecular weight excluding hydrogens is 344 g/mol. The van der Waals surface area contributed by atoms with Crippen LogP contribution in [0, 0.1) is 4.91 Å². The fourth-order valence-corrected chi connectivity index (χ4v) is 2.01. The van der Waals surface area contributed by atoms with E-state index in [0.717, 1.165) is 18.2 Å². The van der Waals surface area contributed by atoms with Crippen molar-refractivity contribution >= 4 is 34.6 Å². The van der Waals surface area contributed by atoms with Gasteiger partial charge >= 0.3 is 6.18 Å². The molecule has 0 fully saturated rings. The Morgan fingerprint density at radius 2 is 1.68 bits per heavy atom. The number of anilines is 1. The van der Waals surface area contributed by atoms with Crippen molar-refractivity contribution in [3.05, 3.63) is 50.8 Å². The molecule has 0 amide bonds. The number of nitrogens with two attached hydrogens (primary N) is 1. The lowest BCUT2D eigenvalue weighted by atomic mass is 10.2. The standard InChI is InChI=1S/C13H7Cl2F3N2O2/c14-7-3-6(13(16,17)18)1-2-11(7)22-12-5-9(19)10(20-21)4-8(12)15/h1-5H,19H2. The summed E-state index contributed by atoms with van der Waals surface area (Å²) in [6.07, 6.45) is -4.51. The van der Waals surface area contributed by atoms with Crippen molar-refractivity contribution in [2.24, 2.45) is 5.18 Å². The molecule has 9 heteroatoms. The molecule has 0 saturated heterocycles. The average molecular weight is 351 g/mol. The number of nitrogens with zero attached hydrogens (tertiary/aromatic N) is 1. The van der Waals surface area contributed by atoms with E-state index in [1.165, 1.54) is 12.1 Å². The van der Waals surface area contributed by atoms with Crippen molar-refractivity contribution in [2.45, 2.75) is 6.18 Å². The second kappa shape index (κ2) is 6.02. The summed E-state index contributed by atoms with van der Waals surface area (Å²) in [6.45, 7) is 0. The molecule has 0 bridgehead atoms. The summed E-state index contributed by atoms with van der Waals surface area (Å²) in [6, 6.07) is 5.02. The molecule has 2 rings (SSSR count). The van der Waals surface area contributed by atoms with Crippen LogP contribution in [0.5, 0.6) is 11.5 Å². The summed E-state index contributed by atoms with van der Waals surface area (Å²) < 4.78 is 43.0. The number of hydrogen-bond donors (Lipinski definition) is 1. The lowest BCUT2D eigenvalue weighted by Crippen LogP contribution is -2.04. The maximum absolute atomic E-state index is 12.5. The molecule has 22 heavy (non-hydrogen) atoms. The van der Waals surface area contributed by atoms with Crippen LogP contribution in [0.3, 0.4) is 0 Å². The van der Waals surface area contributed by atoms with E-state index < -0.39 is 11.7 Å². The number of benzene rings is 2. The zero-order valence-corrected chi connectivity index (χ0v) is 12.1. The van der Waals surface area contributed by atoms with E-state index >= 15 is 0 Å². The quantitative estimate of drug-likeness (QED) is 0.563. The number of nitrogen functional groups attached to an aromatic ring is 1. The minimum absolute atomic E-state index is 0.0115. The molecule has 0 aliphatic carbocycles. The predicted octanol–water partition coefficient (Wildman–Crippen LogP) is 5.78. The Hall–Kier alpha value is -1.99. The van der Waals surface area contributed by atoms with E-state index in [2.05, 4.69) is 5.18 Å². The minimum Gasteiger partial charge on any atom is -0.454 e. The zero-order valence-electron chi connectivity index (χ0n) is 10.6. The second-order valence-corrected chi connectivity index (χ2v) is 4.99. The number of halogens is 5. The molecule has 4 nitrogen and oxygen atoms in total. The smallest absolute Gasteiger partial charge is 0.416 e. The van der Waals surface area contributed by atoms with Gasteiger partial charge in [-0.05, 0) is 29.4 Å². The summed E-state index contributed by atoms with van der Waals surface area (Å²) in [4.78, 5) is 10.5. The maximum Gasteiger partial charge on any atom is 0.416 e. The van der Waals surface area contributed by atoms with Gasteiger partial charge in [-0.25, -0.2) is 0 Å². The molecule has 0 aromatic heterocycles. The lowest BCUT2D eigenvalue weighted by molar-refractivity contribution is -0.137. The van der Waals surface area contributed by atoms with Gasteiger partial charge in [0, 0.05) is 6.07 Å². The SMILES string of the molecule is Nc1cc(Oc2ccc(C(F)(F)F)cc2Cl)c(Cl)cc1N=O. The van der Waals surface area contributed by atoms with Crippen LogP contribution in [0.25, 0.3) is 0 Å². The highest BCUT2D eigenvalue weighted by molar-refractivity contribution is 6.33. The van der Waals surface area contributed by atoms with E-state index in [1.54, 1.807) is 0 Å². The molecule has 0 aliphatic rings. The van der Waals surface area contributed by atoms with E-state index in [1.807, 2.05) is 0 Å². The van der Waals surface area contributed by atoms with E-state index in [9.17, 15) is 18.1 Å². The molecule has 0 spiro atoms. The third-order valence-electron chi connectivity index (χ3n) is 2.66. The third-order valence-corrected chi connectivity index (χ3v) is 3.25. The fourth-order valence-electron chi connectivity index (χ4n) is 1.59. The zero-order chi connectivity index (χ0) is 16.5. The first-order valence-electron chi connectivity index (χ1n) is 5.69. The Morgan fingerprint density at radius 1 is 1.05 bits per heavy atom. The Morgan fingerprint density at radius 3 is 2.23 bits per heavy atom. The van der Waals surface area contributed by atoms with Crippen LogP contribution in [0.1, 0.15) is 5.56 Å². The Labute approximate surface area is 132 Å². The van der Waals surface area contributed by atoms with Crippen molar-refractivity contribution < 1.29 is 17.9 Å². The van der Waals surface area contributed by atoms with Gasteiger partial charge in [0.05, 0.1) is 21.3 Å². The molecule has 116 valence electrons. The fraction of sp³-hybridized carbons (Fsp3) is 0.0769. The average Bonchev–Trinajstić information content (AvgIpc) is 2.43. The summed E-state index contributed by atoms with van der Waals surface area (Å²) in [5.74, 6) is -0.00370. The number of ether oxygens (including phenoxy) is 1. The van der Waals surface area contributed by atoms with Crippen molar-refractivity contribution in [1.29, 1.82) is 0 Å². The van der Waals surface area contributed by atoms with Crippen LogP contribution in [0.2, 0.25) is 10.0 Å². The first-order valence-corrected chi connectivity index (χ1v) is 6.45. The van der Waals surface area contributed by atoms with E-state index in [-0.39, 0.29) is 32.9 Å². The van der Waals surface area contributed by atoms with Gasteiger partial charge in [0.15, 0.2) is 0 Å². The Bertz CT molecular complexity index is 736. The first kappa shape index (κ1) is 16.4. The van der Waals surface area contributed by atoms with Crippen LogP contribution in [-0.2, 0) is 6.18 Å². The van der Waals surface area contributed by atoms with Crippen LogP contribution < -0.4 is 10.5 Å². The normalized spacial score (nSPS) is 11.3. The van der Waals surface area contributed by atoms with Crippen molar-refractivity contribution in [2.75, 3.05) is 5.73 Å². The molecule has 0 atom stereocenters. The third kappa shape index (κ3) is 3.42. The first-order chi connectivity index (χ1) is 10.2. The Balaban J connectivity index is 2.36. The largest absolute Gasteiger partial charge is 0.454 e. The molecule has 2 aromatic rings. The highest BCUT2D eigenvalue weighted by Crippen LogP contribution is 2.40.